The zero-order valence-electron chi connectivity index (χ0n) is 11.5. The van der Waals surface area contributed by atoms with Gasteiger partial charge in [-0.2, -0.15) is 0 Å². The Labute approximate surface area is 121 Å². The van der Waals surface area contributed by atoms with Crippen molar-refractivity contribution in [3.8, 4) is 5.75 Å². The van der Waals surface area contributed by atoms with Crippen molar-refractivity contribution in [2.24, 2.45) is 5.92 Å². The van der Waals surface area contributed by atoms with Gasteiger partial charge in [-0.05, 0) is 18.1 Å². The summed E-state index contributed by atoms with van der Waals surface area (Å²) in [5.74, 6) is 0.945. The first-order chi connectivity index (χ1) is 10.1. The fraction of sp³-hybridized carbons (Fsp3) is 0.267. The van der Waals surface area contributed by atoms with Gasteiger partial charge in [-0.25, -0.2) is 4.79 Å². The molecule has 1 amide bonds. The molecular weight excluding hydrogens is 272 g/mol. The van der Waals surface area contributed by atoms with Crippen LogP contribution in [-0.2, 0) is 6.42 Å². The van der Waals surface area contributed by atoms with Crippen LogP contribution in [0.25, 0.3) is 0 Å². The largest absolute Gasteiger partial charge is 0.465 e. The molecule has 0 bridgehead atoms. The van der Waals surface area contributed by atoms with E-state index in [1.807, 2.05) is 6.92 Å². The molecule has 2 aromatic rings. The fourth-order valence-electron chi connectivity index (χ4n) is 2.39. The van der Waals surface area contributed by atoms with Crippen LogP contribution in [0.2, 0.25) is 0 Å². The smallest absolute Gasteiger partial charge is 0.417 e. The van der Waals surface area contributed by atoms with E-state index in [2.05, 4.69) is 10.3 Å². The first-order valence-electron chi connectivity index (χ1n) is 6.66. The van der Waals surface area contributed by atoms with Crippen LogP contribution in [0, 0.1) is 5.92 Å². The first-order valence-corrected chi connectivity index (χ1v) is 6.66. The van der Waals surface area contributed by atoms with E-state index in [1.54, 1.807) is 18.3 Å². The molecule has 0 spiro atoms. The Kier molecular flexibility index (Phi) is 3.43. The van der Waals surface area contributed by atoms with Crippen LogP contribution < -0.4 is 10.1 Å². The number of nitrogens with zero attached hydrogens (tertiary/aromatic N) is 1. The summed E-state index contributed by atoms with van der Waals surface area (Å²) in [5.41, 5.74) is 0.897. The quantitative estimate of drug-likeness (QED) is 0.917. The first kappa shape index (κ1) is 13.4. The predicted molar refractivity (Wildman–Crippen MR) is 74.4 cm³/mol. The van der Waals surface area contributed by atoms with Gasteiger partial charge in [-0.3, -0.25) is 15.1 Å². The lowest BCUT2D eigenvalue weighted by molar-refractivity contribution is 0.0947. The minimum Gasteiger partial charge on any atom is -0.465 e. The summed E-state index contributed by atoms with van der Waals surface area (Å²) >= 11 is 0. The van der Waals surface area contributed by atoms with Crippen LogP contribution >= 0.6 is 0 Å². The number of aromatic nitrogens is 1. The molecule has 6 heteroatoms. The van der Waals surface area contributed by atoms with Crippen molar-refractivity contribution in [3.05, 3.63) is 42.1 Å². The average molecular weight is 286 g/mol. The van der Waals surface area contributed by atoms with Gasteiger partial charge in [0.15, 0.2) is 11.5 Å². The van der Waals surface area contributed by atoms with Gasteiger partial charge in [0.25, 0.3) is 0 Å². The van der Waals surface area contributed by atoms with Crippen molar-refractivity contribution in [2.45, 2.75) is 19.8 Å². The van der Waals surface area contributed by atoms with Crippen LogP contribution in [0.3, 0.4) is 0 Å². The number of anilines is 1. The van der Waals surface area contributed by atoms with E-state index in [0.29, 0.717) is 29.9 Å². The third-order valence-corrected chi connectivity index (χ3v) is 3.29. The molecule has 1 atom stereocenters. The Balaban J connectivity index is 1.74. The lowest BCUT2D eigenvalue weighted by atomic mass is 9.88. The normalized spacial score (nSPS) is 17.2. The molecule has 0 saturated carbocycles. The number of carbonyl (C=O) groups is 2. The number of rotatable bonds is 2. The van der Waals surface area contributed by atoms with Gasteiger partial charge in [0.05, 0.1) is 11.9 Å². The zero-order valence-corrected chi connectivity index (χ0v) is 11.5. The van der Waals surface area contributed by atoms with Crippen LogP contribution in [0.5, 0.6) is 5.75 Å². The number of ether oxygens (including phenoxy) is 1. The highest BCUT2D eigenvalue weighted by atomic mass is 16.6. The molecule has 1 aliphatic rings. The Morgan fingerprint density at radius 3 is 3.10 bits per heavy atom. The summed E-state index contributed by atoms with van der Waals surface area (Å²) in [6.07, 6.45) is 4.84. The van der Waals surface area contributed by atoms with Gasteiger partial charge in [-0.15, -0.1) is 0 Å². The minimum absolute atomic E-state index is 0.0540. The lowest BCUT2D eigenvalue weighted by Crippen LogP contribution is -2.20. The zero-order chi connectivity index (χ0) is 14.8. The molecule has 0 fully saturated rings. The molecule has 0 saturated heterocycles. The number of ketones is 1. The molecule has 108 valence electrons. The summed E-state index contributed by atoms with van der Waals surface area (Å²) in [7, 11) is 0. The highest BCUT2D eigenvalue weighted by Crippen LogP contribution is 2.34. The number of nitrogens with one attached hydrogen (secondary N) is 1. The van der Waals surface area contributed by atoms with Gasteiger partial charge < -0.3 is 9.15 Å². The van der Waals surface area contributed by atoms with E-state index in [-0.39, 0.29) is 17.5 Å². The Morgan fingerprint density at radius 2 is 2.33 bits per heavy atom. The number of pyridine rings is 1. The monoisotopic (exact) mass is 286 g/mol. The number of furan rings is 1. The number of hydrogen-bond acceptors (Lipinski definition) is 5. The Bertz CT molecular complexity index is 678. The molecular formula is C15H14N2O4. The topological polar surface area (TPSA) is 81.4 Å². The lowest BCUT2D eigenvalue weighted by Gasteiger charge is -2.16. The second-order valence-electron chi connectivity index (χ2n) is 5.09. The maximum Gasteiger partial charge on any atom is 0.417 e. The van der Waals surface area contributed by atoms with Crippen LogP contribution in [0.4, 0.5) is 10.5 Å². The van der Waals surface area contributed by atoms with Crippen molar-refractivity contribution in [1.29, 1.82) is 0 Å². The second kappa shape index (κ2) is 5.40. The third kappa shape index (κ3) is 2.79. The highest BCUT2D eigenvalue weighted by Gasteiger charge is 2.30. The van der Waals surface area contributed by atoms with Gasteiger partial charge in [-0.1, -0.05) is 6.92 Å². The number of amides is 1. The van der Waals surface area contributed by atoms with E-state index in [4.69, 9.17) is 9.15 Å². The highest BCUT2D eigenvalue weighted by molar-refractivity contribution is 6.01. The summed E-state index contributed by atoms with van der Waals surface area (Å²) in [4.78, 5) is 27.7. The molecule has 1 N–H and O–H groups in total. The predicted octanol–water partition coefficient (Wildman–Crippen LogP) is 3.05. The van der Waals surface area contributed by atoms with Gasteiger partial charge in [0.1, 0.15) is 17.6 Å². The molecule has 2 aromatic heterocycles. The number of fused-ring (bicyclic) bond motifs is 1. The molecule has 1 unspecified atom stereocenters. The molecule has 2 heterocycles. The van der Waals surface area contributed by atoms with Gasteiger partial charge in [0.2, 0.25) is 0 Å². The molecule has 6 nitrogen and oxygen atoms in total. The molecule has 0 radical (unpaired) electrons. The van der Waals surface area contributed by atoms with Crippen molar-refractivity contribution in [1.82, 2.24) is 4.98 Å². The fourth-order valence-corrected chi connectivity index (χ4v) is 2.39. The van der Waals surface area contributed by atoms with Crippen molar-refractivity contribution in [2.75, 3.05) is 5.32 Å². The maximum atomic E-state index is 12.0. The standard InChI is InChI=1S/C15H14N2O4/c1-9-5-11(18)14-12(6-9)20-8-13(14)21-15(19)17-10-3-2-4-16-7-10/h2-4,7-9H,5-6H2,1H3,(H,17,19). The van der Waals surface area contributed by atoms with E-state index < -0.39 is 6.09 Å². The number of Topliss-reactive ketones (excluding diaryl/α,β-unsaturated/α-hetero) is 1. The Hall–Kier alpha value is -2.63. The molecule has 1 aliphatic carbocycles. The molecule has 3 rings (SSSR count). The van der Waals surface area contributed by atoms with Gasteiger partial charge in [0, 0.05) is 19.0 Å². The summed E-state index contributed by atoms with van der Waals surface area (Å²) < 4.78 is 10.5. The van der Waals surface area contributed by atoms with E-state index in [9.17, 15) is 9.59 Å². The SMILES string of the molecule is CC1CC(=O)c2c(OC(=O)Nc3cccnc3)coc2C1. The molecule has 0 aliphatic heterocycles. The summed E-state index contributed by atoms with van der Waals surface area (Å²) in [5, 5.41) is 2.53. The van der Waals surface area contributed by atoms with E-state index in [1.165, 1.54) is 12.5 Å². The molecule has 0 aromatic carbocycles. The van der Waals surface area contributed by atoms with Crippen molar-refractivity contribution >= 4 is 17.6 Å². The van der Waals surface area contributed by atoms with Crippen LogP contribution in [-0.4, -0.2) is 16.9 Å². The van der Waals surface area contributed by atoms with Crippen LogP contribution in [0.1, 0.15) is 29.5 Å². The number of hydrogen-bond donors (Lipinski definition) is 1. The van der Waals surface area contributed by atoms with E-state index in [0.717, 1.165) is 0 Å². The third-order valence-electron chi connectivity index (χ3n) is 3.29. The minimum atomic E-state index is -0.682. The van der Waals surface area contributed by atoms with E-state index >= 15 is 0 Å². The summed E-state index contributed by atoms with van der Waals surface area (Å²) in [6, 6.07) is 3.38. The average Bonchev–Trinajstić information content (AvgIpc) is 2.82. The van der Waals surface area contributed by atoms with Crippen LogP contribution in [0.15, 0.2) is 35.2 Å². The van der Waals surface area contributed by atoms with Gasteiger partial charge >= 0.3 is 6.09 Å². The summed E-state index contributed by atoms with van der Waals surface area (Å²) in [6.45, 7) is 1.99. The molecule has 21 heavy (non-hydrogen) atoms. The maximum absolute atomic E-state index is 12.0. The van der Waals surface area contributed by atoms with Crippen molar-refractivity contribution in [3.63, 3.8) is 0 Å². The second-order valence-corrected chi connectivity index (χ2v) is 5.09. The Morgan fingerprint density at radius 1 is 1.48 bits per heavy atom. The van der Waals surface area contributed by atoms with Crippen molar-refractivity contribution < 1.29 is 18.7 Å². The number of carbonyl (C=O) groups excluding carboxylic acids is 2.